The average molecular weight is 355 g/mol. The first-order valence-corrected chi connectivity index (χ1v) is 8.29. The van der Waals surface area contributed by atoms with Crippen molar-refractivity contribution in [1.29, 1.82) is 0 Å². The molecule has 21 heavy (non-hydrogen) atoms. The number of hydrogen-bond acceptors (Lipinski definition) is 4. The molecule has 2 rings (SSSR count). The fraction of sp³-hybridized carbons (Fsp3) is 0.600. The number of aromatic nitrogens is 1. The highest BCUT2D eigenvalue weighted by Gasteiger charge is 2.23. The highest BCUT2D eigenvalue weighted by Crippen LogP contribution is 2.19. The molecule has 0 bridgehead atoms. The molecular weight excluding hydrogens is 332 g/mol. The van der Waals surface area contributed by atoms with Crippen LogP contribution in [0.4, 0.5) is 0 Å². The van der Waals surface area contributed by atoms with Gasteiger partial charge in [0, 0.05) is 42.8 Å². The molecule has 1 amide bonds. The van der Waals surface area contributed by atoms with Crippen molar-refractivity contribution >= 4 is 21.8 Å². The number of nitrogens with two attached hydrogens (primary N) is 1. The lowest BCUT2D eigenvalue weighted by molar-refractivity contribution is -0.121. The van der Waals surface area contributed by atoms with Gasteiger partial charge in [-0.3, -0.25) is 14.7 Å². The Bertz CT molecular complexity index is 451. The fourth-order valence-corrected chi connectivity index (χ4v) is 2.89. The zero-order chi connectivity index (χ0) is 15.1. The lowest BCUT2D eigenvalue weighted by atomic mass is 10.0. The number of likely N-dealkylation sites (tertiary alicyclic amines) is 1. The third-order valence-corrected chi connectivity index (χ3v) is 4.28. The molecule has 1 atom stereocenters. The third-order valence-electron chi connectivity index (χ3n) is 3.81. The first kappa shape index (κ1) is 16.4. The zero-order valence-corrected chi connectivity index (χ0v) is 13.8. The van der Waals surface area contributed by atoms with Gasteiger partial charge in [0.2, 0.25) is 5.91 Å². The van der Waals surface area contributed by atoms with Crippen molar-refractivity contribution in [3.05, 3.63) is 28.5 Å². The van der Waals surface area contributed by atoms with Gasteiger partial charge in [0.1, 0.15) is 0 Å². The molecule has 2 heterocycles. The van der Waals surface area contributed by atoms with Gasteiger partial charge in [0.05, 0.1) is 5.69 Å². The Morgan fingerprint density at radius 1 is 1.48 bits per heavy atom. The molecule has 0 aromatic carbocycles. The molecule has 0 aliphatic carbocycles. The Morgan fingerprint density at radius 2 is 2.33 bits per heavy atom. The highest BCUT2D eigenvalue weighted by atomic mass is 79.9. The van der Waals surface area contributed by atoms with Gasteiger partial charge in [0.25, 0.3) is 0 Å². The summed E-state index contributed by atoms with van der Waals surface area (Å²) in [5, 5.41) is 2.99. The summed E-state index contributed by atoms with van der Waals surface area (Å²) in [6.45, 7) is 3.01. The summed E-state index contributed by atoms with van der Waals surface area (Å²) in [4.78, 5) is 18.4. The SMILES string of the molecule is NCCC(=O)NCC1CCCCN1Cc1ccc(Br)cn1. The van der Waals surface area contributed by atoms with Crippen LogP contribution in [-0.2, 0) is 11.3 Å². The molecule has 116 valence electrons. The Kier molecular flexibility index (Phi) is 6.60. The molecule has 5 nitrogen and oxygen atoms in total. The van der Waals surface area contributed by atoms with E-state index in [-0.39, 0.29) is 5.91 Å². The van der Waals surface area contributed by atoms with E-state index in [0.717, 1.165) is 29.7 Å². The molecule has 0 saturated carbocycles. The molecule has 6 heteroatoms. The van der Waals surface area contributed by atoms with Crippen molar-refractivity contribution < 1.29 is 4.79 Å². The topological polar surface area (TPSA) is 71.2 Å². The standard InChI is InChI=1S/C15H23BrN4O/c16-12-4-5-13(18-9-12)11-20-8-2-1-3-14(20)10-19-15(21)6-7-17/h4-5,9,14H,1-3,6-8,10-11,17H2,(H,19,21). The molecule has 1 aromatic heterocycles. The molecule has 1 aliphatic rings. The highest BCUT2D eigenvalue weighted by molar-refractivity contribution is 9.10. The summed E-state index contributed by atoms with van der Waals surface area (Å²) < 4.78 is 0.996. The number of nitrogens with one attached hydrogen (secondary N) is 1. The van der Waals surface area contributed by atoms with Crippen LogP contribution in [0.5, 0.6) is 0 Å². The Hall–Kier alpha value is -0.980. The van der Waals surface area contributed by atoms with E-state index in [1.807, 2.05) is 18.3 Å². The summed E-state index contributed by atoms with van der Waals surface area (Å²) in [5.74, 6) is 0.0461. The summed E-state index contributed by atoms with van der Waals surface area (Å²) in [6, 6.07) is 4.46. The minimum Gasteiger partial charge on any atom is -0.354 e. The largest absolute Gasteiger partial charge is 0.354 e. The maximum atomic E-state index is 11.6. The monoisotopic (exact) mass is 354 g/mol. The van der Waals surface area contributed by atoms with E-state index in [2.05, 4.69) is 31.1 Å². The Balaban J connectivity index is 1.89. The quantitative estimate of drug-likeness (QED) is 0.814. The van der Waals surface area contributed by atoms with E-state index in [1.165, 1.54) is 12.8 Å². The summed E-state index contributed by atoms with van der Waals surface area (Å²) in [6.07, 6.45) is 5.79. The average Bonchev–Trinajstić information content (AvgIpc) is 2.49. The normalized spacial score (nSPS) is 19.4. The van der Waals surface area contributed by atoms with Crippen LogP contribution < -0.4 is 11.1 Å². The molecule has 1 saturated heterocycles. The first-order valence-electron chi connectivity index (χ1n) is 7.50. The first-order chi connectivity index (χ1) is 10.2. The van der Waals surface area contributed by atoms with Crippen molar-refractivity contribution in [2.75, 3.05) is 19.6 Å². The van der Waals surface area contributed by atoms with Gasteiger partial charge < -0.3 is 11.1 Å². The van der Waals surface area contributed by atoms with E-state index < -0.39 is 0 Å². The van der Waals surface area contributed by atoms with Gasteiger partial charge in [0.15, 0.2) is 0 Å². The Labute approximate surface area is 134 Å². The number of carbonyl (C=O) groups excluding carboxylic acids is 1. The predicted molar refractivity (Wildman–Crippen MR) is 86.7 cm³/mol. The minimum atomic E-state index is 0.0461. The number of pyridine rings is 1. The van der Waals surface area contributed by atoms with Crippen molar-refractivity contribution in [3.8, 4) is 0 Å². The second kappa shape index (κ2) is 8.46. The summed E-state index contributed by atoms with van der Waals surface area (Å²) >= 11 is 3.40. The lowest BCUT2D eigenvalue weighted by Crippen LogP contribution is -2.46. The number of halogens is 1. The number of rotatable bonds is 6. The van der Waals surface area contributed by atoms with Crippen molar-refractivity contribution in [2.24, 2.45) is 5.73 Å². The van der Waals surface area contributed by atoms with E-state index in [0.29, 0.717) is 25.6 Å². The van der Waals surface area contributed by atoms with Crippen LogP contribution in [-0.4, -0.2) is 41.5 Å². The predicted octanol–water partition coefficient (Wildman–Crippen LogP) is 1.66. The van der Waals surface area contributed by atoms with Gasteiger partial charge in [-0.1, -0.05) is 6.42 Å². The summed E-state index contributed by atoms with van der Waals surface area (Å²) in [5.41, 5.74) is 6.46. The van der Waals surface area contributed by atoms with Gasteiger partial charge in [-0.25, -0.2) is 0 Å². The zero-order valence-electron chi connectivity index (χ0n) is 12.2. The van der Waals surface area contributed by atoms with Crippen molar-refractivity contribution in [3.63, 3.8) is 0 Å². The van der Waals surface area contributed by atoms with Gasteiger partial charge >= 0.3 is 0 Å². The molecule has 1 aliphatic heterocycles. The van der Waals surface area contributed by atoms with Crippen LogP contribution >= 0.6 is 15.9 Å². The van der Waals surface area contributed by atoms with Crippen LogP contribution in [0.25, 0.3) is 0 Å². The summed E-state index contributed by atoms with van der Waals surface area (Å²) in [7, 11) is 0. The number of piperidine rings is 1. The van der Waals surface area contributed by atoms with Gasteiger partial charge in [-0.05, 0) is 47.4 Å². The van der Waals surface area contributed by atoms with Crippen molar-refractivity contribution in [2.45, 2.75) is 38.3 Å². The van der Waals surface area contributed by atoms with Gasteiger partial charge in [-0.15, -0.1) is 0 Å². The lowest BCUT2D eigenvalue weighted by Gasteiger charge is -2.35. The van der Waals surface area contributed by atoms with Crippen LogP contribution in [0.2, 0.25) is 0 Å². The van der Waals surface area contributed by atoms with Gasteiger partial charge in [-0.2, -0.15) is 0 Å². The molecule has 0 radical (unpaired) electrons. The molecule has 3 N–H and O–H groups in total. The minimum absolute atomic E-state index is 0.0461. The number of amides is 1. The second-order valence-electron chi connectivity index (χ2n) is 5.43. The molecule has 1 fully saturated rings. The van der Waals surface area contributed by atoms with Crippen LogP contribution in [0.3, 0.4) is 0 Å². The van der Waals surface area contributed by atoms with E-state index in [9.17, 15) is 4.79 Å². The molecule has 1 aromatic rings. The van der Waals surface area contributed by atoms with E-state index in [1.54, 1.807) is 0 Å². The van der Waals surface area contributed by atoms with Crippen LogP contribution in [0, 0.1) is 0 Å². The maximum absolute atomic E-state index is 11.6. The Morgan fingerprint density at radius 3 is 3.05 bits per heavy atom. The van der Waals surface area contributed by atoms with E-state index in [4.69, 9.17) is 5.73 Å². The smallest absolute Gasteiger partial charge is 0.221 e. The molecule has 0 spiro atoms. The van der Waals surface area contributed by atoms with Crippen LogP contribution in [0.15, 0.2) is 22.8 Å². The number of carbonyl (C=O) groups is 1. The fourth-order valence-electron chi connectivity index (χ4n) is 2.66. The number of nitrogens with zero attached hydrogens (tertiary/aromatic N) is 2. The number of hydrogen-bond donors (Lipinski definition) is 2. The maximum Gasteiger partial charge on any atom is 0.221 e. The van der Waals surface area contributed by atoms with Crippen LogP contribution in [0.1, 0.15) is 31.4 Å². The third kappa shape index (κ3) is 5.37. The van der Waals surface area contributed by atoms with E-state index >= 15 is 0 Å². The van der Waals surface area contributed by atoms with Crippen molar-refractivity contribution in [1.82, 2.24) is 15.2 Å². The molecule has 1 unspecified atom stereocenters. The second-order valence-corrected chi connectivity index (χ2v) is 6.35. The molecular formula is C15H23BrN4O.